The summed E-state index contributed by atoms with van der Waals surface area (Å²) in [6.45, 7) is 2.99. The number of nitrogens with zero attached hydrogens (tertiary/aromatic N) is 1. The van der Waals surface area contributed by atoms with Crippen molar-refractivity contribution in [1.29, 1.82) is 0 Å². The molecule has 0 aliphatic carbocycles. The standard InChI is InChI=1S/C17H20BNO4/c1-3-22-17-16(21-2)8-7-15(19-17)13-6-4-5-12(9-13)14-10-18(20)23-11-14/h4-9,14,20H,3,10-11H2,1-2H3/t14-/m1/s1. The maximum atomic E-state index is 9.54. The molecule has 0 amide bonds. The molecule has 2 heterocycles. The summed E-state index contributed by atoms with van der Waals surface area (Å²) in [5.74, 6) is 1.34. The van der Waals surface area contributed by atoms with Gasteiger partial charge in [0.15, 0.2) is 5.75 Å². The second-order valence-corrected chi connectivity index (χ2v) is 5.48. The molecule has 0 unspecified atom stereocenters. The summed E-state index contributed by atoms with van der Waals surface area (Å²) < 4.78 is 16.1. The van der Waals surface area contributed by atoms with Crippen LogP contribution in [0.4, 0.5) is 0 Å². The lowest BCUT2D eigenvalue weighted by Crippen LogP contribution is -2.07. The number of hydrogen-bond acceptors (Lipinski definition) is 5. The topological polar surface area (TPSA) is 60.8 Å². The van der Waals surface area contributed by atoms with Gasteiger partial charge in [-0.05, 0) is 37.0 Å². The quantitative estimate of drug-likeness (QED) is 0.860. The fourth-order valence-electron chi connectivity index (χ4n) is 2.77. The van der Waals surface area contributed by atoms with Crippen LogP contribution in [0, 0.1) is 0 Å². The van der Waals surface area contributed by atoms with E-state index in [1.165, 1.54) is 0 Å². The van der Waals surface area contributed by atoms with Crippen LogP contribution in [0.15, 0.2) is 36.4 Å². The van der Waals surface area contributed by atoms with E-state index in [9.17, 15) is 5.02 Å². The Kier molecular flexibility index (Phi) is 4.83. The summed E-state index contributed by atoms with van der Waals surface area (Å²) in [5.41, 5.74) is 2.98. The maximum Gasteiger partial charge on any atom is 0.454 e. The summed E-state index contributed by atoms with van der Waals surface area (Å²) in [6.07, 6.45) is 0.629. The Balaban J connectivity index is 1.91. The van der Waals surface area contributed by atoms with Crippen LogP contribution in [0.2, 0.25) is 6.32 Å². The van der Waals surface area contributed by atoms with Gasteiger partial charge in [-0.15, -0.1) is 0 Å². The molecule has 120 valence electrons. The Morgan fingerprint density at radius 1 is 1.35 bits per heavy atom. The molecule has 1 saturated heterocycles. The van der Waals surface area contributed by atoms with Gasteiger partial charge >= 0.3 is 7.12 Å². The second kappa shape index (κ2) is 7.02. The first-order valence-corrected chi connectivity index (χ1v) is 7.79. The van der Waals surface area contributed by atoms with E-state index < -0.39 is 7.12 Å². The van der Waals surface area contributed by atoms with Gasteiger partial charge in [-0.25, -0.2) is 4.98 Å². The van der Waals surface area contributed by atoms with E-state index in [0.29, 0.717) is 31.2 Å². The van der Waals surface area contributed by atoms with Crippen LogP contribution in [-0.2, 0) is 4.65 Å². The molecule has 1 aliphatic rings. The van der Waals surface area contributed by atoms with Gasteiger partial charge in [0, 0.05) is 18.1 Å². The fourth-order valence-corrected chi connectivity index (χ4v) is 2.77. The van der Waals surface area contributed by atoms with E-state index in [4.69, 9.17) is 14.1 Å². The van der Waals surface area contributed by atoms with Crippen LogP contribution in [0.25, 0.3) is 11.3 Å². The third-order valence-corrected chi connectivity index (χ3v) is 3.96. The molecule has 23 heavy (non-hydrogen) atoms. The molecular weight excluding hydrogens is 293 g/mol. The van der Waals surface area contributed by atoms with Crippen molar-refractivity contribution in [2.24, 2.45) is 0 Å². The number of rotatable bonds is 5. The van der Waals surface area contributed by atoms with E-state index >= 15 is 0 Å². The smallest absolute Gasteiger partial charge is 0.454 e. The van der Waals surface area contributed by atoms with Crippen molar-refractivity contribution in [3.05, 3.63) is 42.0 Å². The average molecular weight is 313 g/mol. The highest BCUT2D eigenvalue weighted by atomic mass is 16.5. The summed E-state index contributed by atoms with van der Waals surface area (Å²) in [7, 11) is 0.943. The van der Waals surface area contributed by atoms with Crippen LogP contribution in [0.5, 0.6) is 11.6 Å². The second-order valence-electron chi connectivity index (χ2n) is 5.48. The van der Waals surface area contributed by atoms with E-state index in [1.807, 2.05) is 31.2 Å². The van der Waals surface area contributed by atoms with Crippen molar-refractivity contribution in [3.8, 4) is 22.9 Å². The van der Waals surface area contributed by atoms with Gasteiger partial charge in [0.1, 0.15) is 0 Å². The highest BCUT2D eigenvalue weighted by molar-refractivity contribution is 6.43. The number of aromatic nitrogens is 1. The highest BCUT2D eigenvalue weighted by Gasteiger charge is 2.29. The number of hydrogen-bond donors (Lipinski definition) is 1. The Labute approximate surface area is 136 Å². The molecular formula is C17H20BNO4. The lowest BCUT2D eigenvalue weighted by Gasteiger charge is -2.12. The van der Waals surface area contributed by atoms with Crippen LogP contribution in [0.3, 0.4) is 0 Å². The number of methoxy groups -OCH3 is 1. The maximum absolute atomic E-state index is 9.54. The van der Waals surface area contributed by atoms with E-state index in [1.54, 1.807) is 7.11 Å². The number of benzene rings is 1. The summed E-state index contributed by atoms with van der Waals surface area (Å²) in [4.78, 5) is 4.56. The van der Waals surface area contributed by atoms with Crippen LogP contribution in [-0.4, -0.2) is 37.4 Å². The third kappa shape index (κ3) is 3.49. The van der Waals surface area contributed by atoms with Gasteiger partial charge in [0.05, 0.1) is 19.4 Å². The van der Waals surface area contributed by atoms with Gasteiger partial charge in [0.2, 0.25) is 0 Å². The Hall–Kier alpha value is -2.05. The van der Waals surface area contributed by atoms with Crippen LogP contribution >= 0.6 is 0 Å². The van der Waals surface area contributed by atoms with E-state index in [0.717, 1.165) is 16.8 Å². The first-order chi connectivity index (χ1) is 11.2. The minimum Gasteiger partial charge on any atom is -0.491 e. The van der Waals surface area contributed by atoms with Crippen molar-refractivity contribution >= 4 is 7.12 Å². The molecule has 1 fully saturated rings. The molecule has 5 nitrogen and oxygen atoms in total. The monoisotopic (exact) mass is 313 g/mol. The molecule has 0 spiro atoms. The van der Waals surface area contributed by atoms with Gasteiger partial charge in [-0.3, -0.25) is 0 Å². The zero-order valence-corrected chi connectivity index (χ0v) is 13.4. The van der Waals surface area contributed by atoms with Crippen molar-refractivity contribution < 1.29 is 19.2 Å². The van der Waals surface area contributed by atoms with Crippen molar-refractivity contribution in [3.63, 3.8) is 0 Å². The molecule has 1 atom stereocenters. The molecule has 1 N–H and O–H groups in total. The molecule has 1 aromatic carbocycles. The normalized spacial score (nSPS) is 17.3. The SMILES string of the molecule is CCOc1nc(-c2cccc([C@H]3COB(O)C3)c2)ccc1OC. The lowest BCUT2D eigenvalue weighted by atomic mass is 9.79. The first kappa shape index (κ1) is 15.8. The molecule has 0 bridgehead atoms. The summed E-state index contributed by atoms with van der Waals surface area (Å²) >= 11 is 0. The minimum absolute atomic E-state index is 0.217. The predicted octanol–water partition coefficient (Wildman–Crippen LogP) is 2.75. The van der Waals surface area contributed by atoms with Gasteiger partial charge < -0.3 is 19.2 Å². The van der Waals surface area contributed by atoms with Gasteiger partial charge in [-0.2, -0.15) is 0 Å². The largest absolute Gasteiger partial charge is 0.491 e. The summed E-state index contributed by atoms with van der Waals surface area (Å²) in [5, 5.41) is 9.54. The minimum atomic E-state index is -0.660. The van der Waals surface area contributed by atoms with E-state index in [-0.39, 0.29) is 5.92 Å². The Morgan fingerprint density at radius 3 is 2.91 bits per heavy atom. The molecule has 6 heteroatoms. The molecule has 1 aliphatic heterocycles. The Bertz CT molecular complexity index is 679. The zero-order chi connectivity index (χ0) is 16.2. The predicted molar refractivity (Wildman–Crippen MR) is 88.9 cm³/mol. The molecule has 0 radical (unpaired) electrons. The molecule has 3 rings (SSSR count). The third-order valence-electron chi connectivity index (χ3n) is 3.96. The zero-order valence-electron chi connectivity index (χ0n) is 13.4. The van der Waals surface area contributed by atoms with Gasteiger partial charge in [-0.1, -0.05) is 18.2 Å². The van der Waals surface area contributed by atoms with Crippen LogP contribution in [0.1, 0.15) is 18.4 Å². The van der Waals surface area contributed by atoms with E-state index in [2.05, 4.69) is 17.1 Å². The average Bonchev–Trinajstić information content (AvgIpc) is 3.02. The Morgan fingerprint density at radius 2 is 2.22 bits per heavy atom. The fraction of sp³-hybridized carbons (Fsp3) is 0.353. The van der Waals surface area contributed by atoms with Crippen molar-refractivity contribution in [2.45, 2.75) is 19.2 Å². The number of ether oxygens (including phenoxy) is 2. The lowest BCUT2D eigenvalue weighted by molar-refractivity contribution is 0.292. The molecule has 1 aromatic heterocycles. The van der Waals surface area contributed by atoms with Gasteiger partial charge in [0.25, 0.3) is 5.88 Å². The van der Waals surface area contributed by atoms with Crippen LogP contribution < -0.4 is 9.47 Å². The molecule has 2 aromatic rings. The number of pyridine rings is 1. The molecule has 0 saturated carbocycles. The summed E-state index contributed by atoms with van der Waals surface area (Å²) in [6, 6.07) is 11.9. The van der Waals surface area contributed by atoms with Crippen molar-refractivity contribution in [2.75, 3.05) is 20.3 Å². The highest BCUT2D eigenvalue weighted by Crippen LogP contribution is 2.32. The first-order valence-electron chi connectivity index (χ1n) is 7.79. The van der Waals surface area contributed by atoms with Crippen molar-refractivity contribution in [1.82, 2.24) is 4.98 Å².